The molecule has 0 atom stereocenters. The zero-order valence-electron chi connectivity index (χ0n) is 17.6. The van der Waals surface area contributed by atoms with Crippen LogP contribution in [0, 0.1) is 5.82 Å². The summed E-state index contributed by atoms with van der Waals surface area (Å²) in [5.74, 6) is -0.695. The van der Waals surface area contributed by atoms with Crippen molar-refractivity contribution in [2.45, 2.75) is 19.4 Å². The Kier molecular flexibility index (Phi) is 5.86. The molecule has 3 heterocycles. The van der Waals surface area contributed by atoms with Gasteiger partial charge in [0.15, 0.2) is 0 Å². The van der Waals surface area contributed by atoms with E-state index >= 15 is 0 Å². The number of thiophene rings is 1. The number of nitrogens with zero attached hydrogens (tertiary/aromatic N) is 3. The van der Waals surface area contributed by atoms with Gasteiger partial charge in [0.1, 0.15) is 17.2 Å². The number of nitrogens with one attached hydrogen (secondary N) is 1. The van der Waals surface area contributed by atoms with E-state index in [2.05, 4.69) is 15.2 Å². The van der Waals surface area contributed by atoms with E-state index in [9.17, 15) is 14.0 Å². The molecule has 1 aliphatic heterocycles. The van der Waals surface area contributed by atoms with E-state index in [0.29, 0.717) is 26.5 Å². The summed E-state index contributed by atoms with van der Waals surface area (Å²) in [6.45, 7) is 1.66. The van der Waals surface area contributed by atoms with Crippen LogP contribution in [0.5, 0.6) is 0 Å². The second-order valence-electron chi connectivity index (χ2n) is 7.92. The van der Waals surface area contributed by atoms with Crippen LogP contribution >= 0.6 is 22.9 Å². The molecule has 33 heavy (non-hydrogen) atoms. The van der Waals surface area contributed by atoms with Crippen LogP contribution in [-0.2, 0) is 11.3 Å². The monoisotopic (exact) mass is 482 g/mol. The van der Waals surface area contributed by atoms with E-state index in [-0.39, 0.29) is 23.8 Å². The highest BCUT2D eigenvalue weighted by Gasteiger charge is 2.19. The van der Waals surface area contributed by atoms with E-state index in [4.69, 9.17) is 11.6 Å². The largest absolute Gasteiger partial charge is 0.370 e. The predicted molar refractivity (Wildman–Crippen MR) is 131 cm³/mol. The van der Waals surface area contributed by atoms with E-state index in [1.54, 1.807) is 24.3 Å². The molecule has 1 amide bonds. The Hall–Kier alpha value is -3.23. The first-order chi connectivity index (χ1) is 16.0. The molecule has 0 spiro atoms. The van der Waals surface area contributed by atoms with Crippen LogP contribution in [0.1, 0.15) is 12.8 Å². The lowest BCUT2D eigenvalue weighted by Crippen LogP contribution is -2.28. The highest BCUT2D eigenvalue weighted by molar-refractivity contribution is 7.17. The molecule has 0 bridgehead atoms. The molecule has 168 valence electrons. The third-order valence-corrected chi connectivity index (χ3v) is 6.83. The van der Waals surface area contributed by atoms with Crippen molar-refractivity contribution in [3.05, 3.63) is 75.4 Å². The minimum Gasteiger partial charge on any atom is -0.370 e. The number of hydrogen-bond donors (Lipinski definition) is 1. The summed E-state index contributed by atoms with van der Waals surface area (Å²) in [6, 6.07) is 11.4. The lowest BCUT2D eigenvalue weighted by atomic mass is 10.1. The second-order valence-corrected chi connectivity index (χ2v) is 9.21. The molecule has 0 aliphatic carbocycles. The number of benzene rings is 2. The number of carbonyl (C=O) groups excluding carboxylic acids is 1. The minimum atomic E-state index is -0.348. The third kappa shape index (κ3) is 4.36. The Morgan fingerprint density at radius 1 is 1.15 bits per heavy atom. The van der Waals surface area contributed by atoms with Crippen LogP contribution in [0.4, 0.5) is 15.8 Å². The fourth-order valence-corrected chi connectivity index (χ4v) is 5.19. The molecule has 9 heteroatoms. The number of hydrogen-bond acceptors (Lipinski definition) is 5. The first-order valence-electron chi connectivity index (χ1n) is 10.6. The van der Waals surface area contributed by atoms with Crippen molar-refractivity contribution in [1.29, 1.82) is 0 Å². The van der Waals surface area contributed by atoms with E-state index in [0.717, 1.165) is 37.2 Å². The number of amides is 1. The maximum atomic E-state index is 13.3. The molecule has 1 fully saturated rings. The Morgan fingerprint density at radius 2 is 1.91 bits per heavy atom. The van der Waals surface area contributed by atoms with E-state index in [1.165, 1.54) is 34.4 Å². The zero-order chi connectivity index (χ0) is 22.9. The van der Waals surface area contributed by atoms with Gasteiger partial charge in [-0.05, 0) is 48.7 Å². The average molecular weight is 483 g/mol. The summed E-state index contributed by atoms with van der Waals surface area (Å²) >= 11 is 7.51. The molecular weight excluding hydrogens is 463 g/mol. The van der Waals surface area contributed by atoms with Gasteiger partial charge in [-0.25, -0.2) is 9.37 Å². The standard InChI is InChI=1S/C24H20ClFN4O2S/c25-16-5-8-20(29-9-1-2-10-29)19(11-16)28-21(31)12-30-14-27-23-22(24(30)32)18(13-33-23)15-3-6-17(26)7-4-15/h3-8,11,13-14H,1-2,9-10,12H2,(H,28,31). The van der Waals surface area contributed by atoms with Gasteiger partial charge < -0.3 is 10.2 Å². The number of rotatable bonds is 5. The van der Waals surface area contributed by atoms with Crippen LogP contribution < -0.4 is 15.8 Å². The topological polar surface area (TPSA) is 67.2 Å². The van der Waals surface area contributed by atoms with Gasteiger partial charge in [0.05, 0.1) is 23.1 Å². The van der Waals surface area contributed by atoms with Gasteiger partial charge in [0, 0.05) is 29.1 Å². The molecule has 4 aromatic rings. The molecule has 2 aromatic heterocycles. The van der Waals surface area contributed by atoms with Gasteiger partial charge in [-0.15, -0.1) is 11.3 Å². The molecule has 1 aliphatic rings. The van der Waals surface area contributed by atoms with Gasteiger partial charge in [-0.2, -0.15) is 0 Å². The predicted octanol–water partition coefficient (Wildman–Crippen LogP) is 5.16. The number of carbonyl (C=O) groups is 1. The number of halogens is 2. The summed E-state index contributed by atoms with van der Waals surface area (Å²) in [4.78, 5) is 33.2. The van der Waals surface area contributed by atoms with E-state index in [1.807, 2.05) is 11.4 Å². The summed E-state index contributed by atoms with van der Waals surface area (Å²) in [5, 5.41) is 5.67. The van der Waals surface area contributed by atoms with Gasteiger partial charge in [-0.3, -0.25) is 14.2 Å². The SMILES string of the molecule is O=C(Cn1cnc2scc(-c3ccc(F)cc3)c2c1=O)Nc1cc(Cl)ccc1N1CCCC1. The Balaban J connectivity index is 1.43. The lowest BCUT2D eigenvalue weighted by Gasteiger charge is -2.22. The Bertz CT molecular complexity index is 1390. The Labute approximate surface area is 198 Å². The molecule has 0 radical (unpaired) electrons. The van der Waals surface area contributed by atoms with Crippen LogP contribution in [0.25, 0.3) is 21.3 Å². The van der Waals surface area contributed by atoms with Crippen molar-refractivity contribution in [3.63, 3.8) is 0 Å². The van der Waals surface area contributed by atoms with Crippen molar-refractivity contribution in [1.82, 2.24) is 9.55 Å². The fraction of sp³-hybridized carbons (Fsp3) is 0.208. The summed E-state index contributed by atoms with van der Waals surface area (Å²) < 4.78 is 14.6. The average Bonchev–Trinajstić information content (AvgIpc) is 3.47. The third-order valence-electron chi connectivity index (χ3n) is 5.71. The van der Waals surface area contributed by atoms with Gasteiger partial charge in [0.2, 0.25) is 5.91 Å². The first-order valence-corrected chi connectivity index (χ1v) is 11.8. The molecule has 2 aromatic carbocycles. The smallest absolute Gasteiger partial charge is 0.263 e. The molecule has 1 saturated heterocycles. The molecule has 1 N–H and O–H groups in total. The van der Waals surface area contributed by atoms with Crippen LogP contribution in [0.2, 0.25) is 5.02 Å². The van der Waals surface area contributed by atoms with Gasteiger partial charge >= 0.3 is 0 Å². The number of fused-ring (bicyclic) bond motifs is 1. The van der Waals surface area contributed by atoms with Crippen LogP contribution in [0.15, 0.2) is 59.0 Å². The summed E-state index contributed by atoms with van der Waals surface area (Å²) in [5.41, 5.74) is 2.62. The highest BCUT2D eigenvalue weighted by atomic mass is 35.5. The quantitative estimate of drug-likeness (QED) is 0.427. The fourth-order valence-electron chi connectivity index (χ4n) is 4.11. The molecule has 0 unspecified atom stereocenters. The molecular formula is C24H20ClFN4O2S. The van der Waals surface area contributed by atoms with Crippen LogP contribution in [0.3, 0.4) is 0 Å². The van der Waals surface area contributed by atoms with Crippen molar-refractivity contribution in [2.24, 2.45) is 0 Å². The molecule has 6 nitrogen and oxygen atoms in total. The van der Waals surface area contributed by atoms with Gasteiger partial charge in [0.25, 0.3) is 5.56 Å². The maximum Gasteiger partial charge on any atom is 0.263 e. The highest BCUT2D eigenvalue weighted by Crippen LogP contribution is 2.32. The normalized spacial score (nSPS) is 13.6. The maximum absolute atomic E-state index is 13.3. The minimum absolute atomic E-state index is 0.188. The van der Waals surface area contributed by atoms with Crippen LogP contribution in [-0.4, -0.2) is 28.5 Å². The van der Waals surface area contributed by atoms with Gasteiger partial charge in [-0.1, -0.05) is 23.7 Å². The van der Waals surface area contributed by atoms with E-state index < -0.39 is 0 Å². The number of anilines is 2. The van der Waals surface area contributed by atoms with Crippen molar-refractivity contribution >= 4 is 50.4 Å². The number of aromatic nitrogens is 2. The lowest BCUT2D eigenvalue weighted by molar-refractivity contribution is -0.116. The molecule has 0 saturated carbocycles. The molecule has 5 rings (SSSR count). The summed E-state index contributed by atoms with van der Waals surface area (Å²) in [6.07, 6.45) is 3.59. The second kappa shape index (κ2) is 8.96. The Morgan fingerprint density at radius 3 is 2.67 bits per heavy atom. The zero-order valence-corrected chi connectivity index (χ0v) is 19.1. The van der Waals surface area contributed by atoms with Crippen molar-refractivity contribution in [2.75, 3.05) is 23.3 Å². The summed E-state index contributed by atoms with van der Waals surface area (Å²) in [7, 11) is 0. The van der Waals surface area contributed by atoms with Crippen molar-refractivity contribution < 1.29 is 9.18 Å². The first kappa shape index (κ1) is 21.6. The van der Waals surface area contributed by atoms with Crippen molar-refractivity contribution in [3.8, 4) is 11.1 Å².